The molecule has 116 valence electrons. The molecule has 0 aliphatic carbocycles. The Hall–Kier alpha value is -2.00. The van der Waals surface area contributed by atoms with Crippen molar-refractivity contribution in [2.75, 3.05) is 10.6 Å². The van der Waals surface area contributed by atoms with Gasteiger partial charge in [0.2, 0.25) is 0 Å². The normalized spacial score (nSPS) is 10.8. The quantitative estimate of drug-likeness (QED) is 0.536. The van der Waals surface area contributed by atoms with Gasteiger partial charge in [-0.05, 0) is 36.4 Å². The molecule has 2 aromatic rings. The van der Waals surface area contributed by atoms with Crippen LogP contribution in [0, 0.1) is 11.3 Å². The van der Waals surface area contributed by atoms with Crippen molar-refractivity contribution in [3.05, 3.63) is 68.8 Å². The minimum absolute atomic E-state index is 0.107. The van der Waals surface area contributed by atoms with E-state index in [-0.39, 0.29) is 5.57 Å². The molecule has 0 fully saturated rings. The van der Waals surface area contributed by atoms with E-state index in [1.54, 1.807) is 42.5 Å². The molecule has 2 aromatic carbocycles. The topological polar surface area (TPSA) is 64.9 Å². The fourth-order valence-electron chi connectivity index (χ4n) is 1.66. The summed E-state index contributed by atoms with van der Waals surface area (Å²) in [5, 5.41) is 15.3. The summed E-state index contributed by atoms with van der Waals surface area (Å²) in [6.07, 6.45) is 1.27. The van der Waals surface area contributed by atoms with Gasteiger partial charge in [0.15, 0.2) is 0 Å². The highest BCUT2D eigenvalue weighted by Crippen LogP contribution is 2.29. The number of amides is 1. The van der Waals surface area contributed by atoms with E-state index in [4.69, 9.17) is 28.5 Å². The van der Waals surface area contributed by atoms with Crippen molar-refractivity contribution in [1.29, 1.82) is 5.26 Å². The predicted molar refractivity (Wildman–Crippen MR) is 96.6 cm³/mol. The number of anilines is 2. The third-order valence-corrected chi connectivity index (χ3v) is 3.95. The van der Waals surface area contributed by atoms with Gasteiger partial charge in [-0.2, -0.15) is 5.26 Å². The molecule has 0 aliphatic heterocycles. The first kappa shape index (κ1) is 17.4. The molecule has 2 N–H and O–H groups in total. The van der Waals surface area contributed by atoms with E-state index in [0.717, 1.165) is 4.47 Å². The van der Waals surface area contributed by atoms with Crippen LogP contribution in [0.15, 0.2) is 58.7 Å². The van der Waals surface area contributed by atoms with Gasteiger partial charge in [-0.3, -0.25) is 4.79 Å². The zero-order chi connectivity index (χ0) is 16.8. The lowest BCUT2D eigenvalue weighted by Crippen LogP contribution is -2.14. The molecular weight excluding hydrogens is 401 g/mol. The van der Waals surface area contributed by atoms with E-state index < -0.39 is 5.91 Å². The van der Waals surface area contributed by atoms with E-state index in [1.807, 2.05) is 6.07 Å². The molecule has 0 saturated carbocycles. The van der Waals surface area contributed by atoms with Crippen LogP contribution in [-0.2, 0) is 4.79 Å². The van der Waals surface area contributed by atoms with Crippen LogP contribution < -0.4 is 10.6 Å². The monoisotopic (exact) mass is 409 g/mol. The number of hydrogen-bond acceptors (Lipinski definition) is 3. The van der Waals surface area contributed by atoms with E-state index in [1.165, 1.54) is 6.20 Å². The van der Waals surface area contributed by atoms with Crippen molar-refractivity contribution < 1.29 is 4.79 Å². The fourth-order valence-corrected chi connectivity index (χ4v) is 2.43. The summed E-state index contributed by atoms with van der Waals surface area (Å²) < 4.78 is 0.890. The van der Waals surface area contributed by atoms with Crippen molar-refractivity contribution in [1.82, 2.24) is 0 Å². The average Bonchev–Trinajstić information content (AvgIpc) is 2.52. The van der Waals surface area contributed by atoms with Crippen LogP contribution in [-0.4, -0.2) is 5.91 Å². The Morgan fingerprint density at radius 2 is 1.74 bits per heavy atom. The van der Waals surface area contributed by atoms with Gasteiger partial charge in [0.25, 0.3) is 5.91 Å². The standard InChI is InChI=1S/C16H10BrCl2N3O/c17-11-4-6-12(7-5-11)22-16(23)10(8-20)9-21-15-13(18)2-1-3-14(15)19/h1-7,9,21H,(H,22,23)/b10-9-. The zero-order valence-corrected chi connectivity index (χ0v) is 14.7. The van der Waals surface area contributed by atoms with Crippen molar-refractivity contribution in [3.63, 3.8) is 0 Å². The third-order valence-electron chi connectivity index (χ3n) is 2.79. The molecule has 0 aliphatic rings. The van der Waals surface area contributed by atoms with Gasteiger partial charge in [-0.25, -0.2) is 0 Å². The van der Waals surface area contributed by atoms with E-state index in [9.17, 15) is 4.79 Å². The zero-order valence-electron chi connectivity index (χ0n) is 11.6. The average molecular weight is 411 g/mol. The van der Waals surface area contributed by atoms with Gasteiger partial charge in [0.1, 0.15) is 11.6 Å². The smallest absolute Gasteiger partial charge is 0.267 e. The predicted octanol–water partition coefficient (Wildman–Crippen LogP) is 5.21. The first-order chi connectivity index (χ1) is 11.0. The van der Waals surface area contributed by atoms with Crippen LogP contribution in [0.4, 0.5) is 11.4 Å². The summed E-state index contributed by atoms with van der Waals surface area (Å²) >= 11 is 15.3. The molecule has 0 atom stereocenters. The summed E-state index contributed by atoms with van der Waals surface area (Å²) in [6.45, 7) is 0. The van der Waals surface area contributed by atoms with Crippen LogP contribution in [0.5, 0.6) is 0 Å². The Bertz CT molecular complexity index is 778. The summed E-state index contributed by atoms with van der Waals surface area (Å²) in [7, 11) is 0. The number of halogens is 3. The molecule has 0 bridgehead atoms. The molecule has 0 radical (unpaired) electrons. The Labute approximate surface area is 151 Å². The van der Waals surface area contributed by atoms with Crippen molar-refractivity contribution in [2.24, 2.45) is 0 Å². The SMILES string of the molecule is N#C/C(=C/Nc1c(Cl)cccc1Cl)C(=O)Nc1ccc(Br)cc1. The first-order valence-electron chi connectivity index (χ1n) is 6.39. The second kappa shape index (κ2) is 8.02. The van der Waals surface area contributed by atoms with Gasteiger partial charge in [-0.1, -0.05) is 45.2 Å². The number of benzene rings is 2. The van der Waals surface area contributed by atoms with Gasteiger partial charge in [-0.15, -0.1) is 0 Å². The maximum atomic E-state index is 12.1. The Balaban J connectivity index is 2.14. The van der Waals surface area contributed by atoms with E-state index in [0.29, 0.717) is 21.4 Å². The molecule has 7 heteroatoms. The first-order valence-corrected chi connectivity index (χ1v) is 7.94. The van der Waals surface area contributed by atoms with E-state index in [2.05, 4.69) is 26.6 Å². The van der Waals surface area contributed by atoms with Crippen LogP contribution in [0.3, 0.4) is 0 Å². The summed E-state index contributed by atoms with van der Waals surface area (Å²) in [5.74, 6) is -0.537. The number of para-hydroxylation sites is 1. The van der Waals surface area contributed by atoms with Crippen LogP contribution in [0.1, 0.15) is 0 Å². The van der Waals surface area contributed by atoms with Crippen molar-refractivity contribution >= 4 is 56.4 Å². The molecule has 0 heterocycles. The highest BCUT2D eigenvalue weighted by Gasteiger charge is 2.10. The largest absolute Gasteiger partial charge is 0.358 e. The maximum absolute atomic E-state index is 12.1. The number of nitrogens with zero attached hydrogens (tertiary/aromatic N) is 1. The highest BCUT2D eigenvalue weighted by molar-refractivity contribution is 9.10. The van der Waals surface area contributed by atoms with Crippen LogP contribution in [0.25, 0.3) is 0 Å². The second-order valence-corrected chi connectivity index (χ2v) is 6.10. The van der Waals surface area contributed by atoms with Crippen molar-refractivity contribution in [3.8, 4) is 6.07 Å². The molecule has 0 unspecified atom stereocenters. The molecule has 1 amide bonds. The van der Waals surface area contributed by atoms with Gasteiger partial charge < -0.3 is 10.6 Å². The molecule has 0 spiro atoms. The second-order valence-electron chi connectivity index (χ2n) is 4.37. The number of hydrogen-bond donors (Lipinski definition) is 2. The number of nitrogens with one attached hydrogen (secondary N) is 2. The summed E-state index contributed by atoms with van der Waals surface area (Å²) in [6, 6.07) is 13.8. The fraction of sp³-hybridized carbons (Fsp3) is 0. The van der Waals surface area contributed by atoms with E-state index >= 15 is 0 Å². The summed E-state index contributed by atoms with van der Waals surface area (Å²) in [4.78, 5) is 12.1. The Morgan fingerprint density at radius 3 is 2.30 bits per heavy atom. The van der Waals surface area contributed by atoms with Crippen molar-refractivity contribution in [2.45, 2.75) is 0 Å². The number of carbonyl (C=O) groups excluding carboxylic acids is 1. The Morgan fingerprint density at radius 1 is 1.13 bits per heavy atom. The lowest BCUT2D eigenvalue weighted by Gasteiger charge is -2.08. The molecular formula is C16H10BrCl2N3O. The molecule has 4 nitrogen and oxygen atoms in total. The van der Waals surface area contributed by atoms with Crippen LogP contribution in [0.2, 0.25) is 10.0 Å². The molecule has 2 rings (SSSR count). The maximum Gasteiger partial charge on any atom is 0.267 e. The molecule has 0 saturated heterocycles. The molecule has 0 aromatic heterocycles. The number of rotatable bonds is 4. The Kier molecular flexibility index (Phi) is 6.05. The van der Waals surface area contributed by atoms with Gasteiger partial charge in [0.05, 0.1) is 15.7 Å². The van der Waals surface area contributed by atoms with Crippen LogP contribution >= 0.6 is 39.1 Å². The minimum Gasteiger partial charge on any atom is -0.358 e. The minimum atomic E-state index is -0.537. The highest BCUT2D eigenvalue weighted by atomic mass is 79.9. The number of nitriles is 1. The number of carbonyl (C=O) groups is 1. The summed E-state index contributed by atoms with van der Waals surface area (Å²) in [5.41, 5.74) is 0.902. The van der Waals surface area contributed by atoms with Gasteiger partial charge >= 0.3 is 0 Å². The lowest BCUT2D eigenvalue weighted by molar-refractivity contribution is -0.112. The lowest BCUT2D eigenvalue weighted by atomic mass is 10.2. The third kappa shape index (κ3) is 4.73. The van der Waals surface area contributed by atoms with Gasteiger partial charge in [0, 0.05) is 16.4 Å². The molecule has 23 heavy (non-hydrogen) atoms.